The topological polar surface area (TPSA) is 66.0 Å². The van der Waals surface area contributed by atoms with Crippen molar-refractivity contribution in [2.45, 2.75) is 0 Å². The lowest BCUT2D eigenvalue weighted by Crippen LogP contribution is -2.15. The van der Waals surface area contributed by atoms with E-state index in [1.807, 2.05) is 36.4 Å². The van der Waals surface area contributed by atoms with E-state index in [2.05, 4.69) is 5.32 Å². The summed E-state index contributed by atoms with van der Waals surface area (Å²) in [6.07, 6.45) is 0. The number of benzene rings is 3. The van der Waals surface area contributed by atoms with Crippen LogP contribution in [0.1, 0.15) is 10.4 Å². The van der Waals surface area contributed by atoms with E-state index in [1.165, 1.54) is 0 Å². The molecule has 1 amide bonds. The maximum atomic E-state index is 12.6. The molecule has 0 unspecified atom stereocenters. The fourth-order valence-corrected chi connectivity index (χ4v) is 2.68. The van der Waals surface area contributed by atoms with Crippen molar-refractivity contribution in [3.05, 3.63) is 84.4 Å². The van der Waals surface area contributed by atoms with Crippen LogP contribution in [-0.4, -0.2) is 39.4 Å². The van der Waals surface area contributed by atoms with Crippen LogP contribution in [0.25, 0.3) is 0 Å². The van der Waals surface area contributed by atoms with Crippen LogP contribution in [0, 0.1) is 0 Å². The van der Waals surface area contributed by atoms with Crippen molar-refractivity contribution in [1.82, 2.24) is 0 Å². The zero-order valence-electron chi connectivity index (χ0n) is 16.9. The Morgan fingerprint density at radius 1 is 0.700 bits per heavy atom. The lowest BCUT2D eigenvalue weighted by atomic mass is 10.2. The van der Waals surface area contributed by atoms with Crippen LogP contribution in [-0.2, 0) is 4.74 Å². The third kappa shape index (κ3) is 6.53. The molecule has 1 N–H and O–H groups in total. The highest BCUT2D eigenvalue weighted by molar-refractivity contribution is 6.06. The van der Waals surface area contributed by atoms with Gasteiger partial charge in [0, 0.05) is 12.8 Å². The van der Waals surface area contributed by atoms with E-state index < -0.39 is 0 Å². The molecule has 0 fully saturated rings. The summed E-state index contributed by atoms with van der Waals surface area (Å²) in [5, 5.41) is 2.87. The summed E-state index contributed by atoms with van der Waals surface area (Å²) in [5.74, 6) is 1.79. The summed E-state index contributed by atoms with van der Waals surface area (Å²) in [4.78, 5) is 12.6. The molecule has 6 nitrogen and oxygen atoms in total. The van der Waals surface area contributed by atoms with E-state index in [0.717, 1.165) is 5.75 Å². The highest BCUT2D eigenvalue weighted by atomic mass is 16.5. The van der Waals surface area contributed by atoms with Crippen LogP contribution >= 0.6 is 0 Å². The van der Waals surface area contributed by atoms with Crippen LogP contribution in [0.4, 0.5) is 5.69 Å². The molecule has 0 aliphatic rings. The molecule has 3 aromatic carbocycles. The predicted molar refractivity (Wildman–Crippen MR) is 116 cm³/mol. The number of ether oxygens (including phenoxy) is 4. The smallest absolute Gasteiger partial charge is 0.259 e. The highest BCUT2D eigenvalue weighted by Gasteiger charge is 2.12. The Bertz CT molecular complexity index is 912. The lowest BCUT2D eigenvalue weighted by molar-refractivity contribution is 0.101. The molecule has 3 rings (SSSR count). The summed E-state index contributed by atoms with van der Waals surface area (Å²) < 4.78 is 21.9. The van der Waals surface area contributed by atoms with Gasteiger partial charge in [-0.25, -0.2) is 0 Å². The van der Waals surface area contributed by atoms with Gasteiger partial charge in [0.2, 0.25) is 0 Å². The Morgan fingerprint density at radius 2 is 1.30 bits per heavy atom. The minimum Gasteiger partial charge on any atom is -0.490 e. The van der Waals surface area contributed by atoms with Crippen molar-refractivity contribution in [2.24, 2.45) is 0 Å². The van der Waals surface area contributed by atoms with Gasteiger partial charge in [0.25, 0.3) is 5.91 Å². The molecule has 0 saturated carbocycles. The average molecular weight is 407 g/mol. The van der Waals surface area contributed by atoms with E-state index >= 15 is 0 Å². The van der Waals surface area contributed by atoms with Gasteiger partial charge in [0.05, 0.1) is 12.2 Å². The number of methoxy groups -OCH3 is 1. The first-order chi connectivity index (χ1) is 14.8. The molecule has 6 heteroatoms. The van der Waals surface area contributed by atoms with Crippen LogP contribution in [0.3, 0.4) is 0 Å². The van der Waals surface area contributed by atoms with E-state index in [4.69, 9.17) is 18.9 Å². The Kier molecular flexibility index (Phi) is 8.12. The first kappa shape index (κ1) is 21.2. The van der Waals surface area contributed by atoms with Gasteiger partial charge in [-0.3, -0.25) is 4.79 Å². The maximum absolute atomic E-state index is 12.6. The average Bonchev–Trinajstić information content (AvgIpc) is 2.79. The Balaban J connectivity index is 1.49. The molecule has 0 aliphatic carbocycles. The van der Waals surface area contributed by atoms with Crippen molar-refractivity contribution < 1.29 is 23.7 Å². The first-order valence-corrected chi connectivity index (χ1v) is 9.69. The van der Waals surface area contributed by atoms with Crippen molar-refractivity contribution in [1.29, 1.82) is 0 Å². The third-order valence-electron chi connectivity index (χ3n) is 4.15. The molecule has 0 aliphatic heterocycles. The number of carbonyl (C=O) groups is 1. The normalized spacial score (nSPS) is 10.3. The Morgan fingerprint density at radius 3 is 2.00 bits per heavy atom. The molecule has 0 bridgehead atoms. The van der Waals surface area contributed by atoms with Crippen molar-refractivity contribution in [3.63, 3.8) is 0 Å². The van der Waals surface area contributed by atoms with Gasteiger partial charge in [0.15, 0.2) is 0 Å². The van der Waals surface area contributed by atoms with Crippen molar-refractivity contribution >= 4 is 11.6 Å². The number of nitrogens with one attached hydrogen (secondary N) is 1. The molecule has 156 valence electrons. The molecule has 0 atom stereocenters. The van der Waals surface area contributed by atoms with Gasteiger partial charge in [-0.15, -0.1) is 0 Å². The largest absolute Gasteiger partial charge is 0.490 e. The van der Waals surface area contributed by atoms with Crippen molar-refractivity contribution in [2.75, 3.05) is 38.9 Å². The monoisotopic (exact) mass is 407 g/mol. The first-order valence-electron chi connectivity index (χ1n) is 9.69. The van der Waals surface area contributed by atoms with Crippen LogP contribution in [0.5, 0.6) is 17.2 Å². The molecule has 0 spiro atoms. The fourth-order valence-electron chi connectivity index (χ4n) is 2.68. The van der Waals surface area contributed by atoms with Crippen molar-refractivity contribution in [3.8, 4) is 17.2 Å². The summed E-state index contributed by atoms with van der Waals surface area (Å²) in [6, 6.07) is 23.9. The number of anilines is 1. The molecule has 0 saturated heterocycles. The van der Waals surface area contributed by atoms with E-state index in [-0.39, 0.29) is 5.91 Å². The molecule has 3 aromatic rings. The van der Waals surface area contributed by atoms with Gasteiger partial charge in [0.1, 0.15) is 37.1 Å². The summed E-state index contributed by atoms with van der Waals surface area (Å²) in [6.45, 7) is 1.70. The quantitative estimate of drug-likeness (QED) is 0.477. The highest BCUT2D eigenvalue weighted by Crippen LogP contribution is 2.21. The second-order valence-corrected chi connectivity index (χ2v) is 6.33. The van der Waals surface area contributed by atoms with Gasteiger partial charge in [-0.2, -0.15) is 0 Å². The Hall–Kier alpha value is -3.51. The summed E-state index contributed by atoms with van der Waals surface area (Å²) >= 11 is 0. The number of amides is 1. The SMILES string of the molecule is COCCOc1ccccc1C(=O)Nc1ccc(OCCOc2ccccc2)cc1. The van der Waals surface area contributed by atoms with Crippen LogP contribution in [0.2, 0.25) is 0 Å². The molecule has 0 aromatic heterocycles. The molecule has 30 heavy (non-hydrogen) atoms. The van der Waals surface area contributed by atoms with Gasteiger partial charge >= 0.3 is 0 Å². The maximum Gasteiger partial charge on any atom is 0.259 e. The lowest BCUT2D eigenvalue weighted by Gasteiger charge is -2.12. The van der Waals surface area contributed by atoms with Gasteiger partial charge < -0.3 is 24.3 Å². The molecular formula is C24H25NO5. The number of para-hydroxylation sites is 2. The number of hydrogen-bond donors (Lipinski definition) is 1. The minimum atomic E-state index is -0.243. The third-order valence-corrected chi connectivity index (χ3v) is 4.15. The number of rotatable bonds is 11. The summed E-state index contributed by atoms with van der Waals surface area (Å²) in [5.41, 5.74) is 1.13. The van der Waals surface area contributed by atoms with E-state index in [1.54, 1.807) is 49.6 Å². The van der Waals surface area contributed by atoms with E-state index in [0.29, 0.717) is 49.2 Å². The zero-order chi connectivity index (χ0) is 21.0. The minimum absolute atomic E-state index is 0.243. The second kappa shape index (κ2) is 11.5. The van der Waals surface area contributed by atoms with Crippen LogP contribution in [0.15, 0.2) is 78.9 Å². The molecule has 0 heterocycles. The Labute approximate surface area is 176 Å². The van der Waals surface area contributed by atoms with Gasteiger partial charge in [-0.1, -0.05) is 30.3 Å². The van der Waals surface area contributed by atoms with Crippen LogP contribution < -0.4 is 19.5 Å². The zero-order valence-corrected chi connectivity index (χ0v) is 16.9. The molecular weight excluding hydrogens is 382 g/mol. The standard InChI is InChI=1S/C24H25NO5/c1-27-15-16-30-23-10-6-5-9-22(23)24(26)25-19-11-13-21(14-12-19)29-18-17-28-20-7-3-2-4-8-20/h2-14H,15-18H2,1H3,(H,25,26). The second-order valence-electron chi connectivity index (χ2n) is 6.33. The predicted octanol–water partition coefficient (Wildman–Crippen LogP) is 4.42. The number of hydrogen-bond acceptors (Lipinski definition) is 5. The number of carbonyl (C=O) groups excluding carboxylic acids is 1. The molecule has 0 radical (unpaired) electrons. The summed E-state index contributed by atoms with van der Waals surface area (Å²) in [7, 11) is 1.60. The fraction of sp³-hybridized carbons (Fsp3) is 0.208. The van der Waals surface area contributed by atoms with E-state index in [9.17, 15) is 4.79 Å². The van der Waals surface area contributed by atoms with Gasteiger partial charge in [-0.05, 0) is 48.5 Å².